The van der Waals surface area contributed by atoms with Gasteiger partial charge >= 0.3 is 0 Å². The van der Waals surface area contributed by atoms with Crippen LogP contribution in [0, 0.1) is 0 Å². The summed E-state index contributed by atoms with van der Waals surface area (Å²) in [5, 5.41) is 0. The van der Waals surface area contributed by atoms with Gasteiger partial charge in [0.15, 0.2) is 0 Å². The Bertz CT molecular complexity index is 163. The van der Waals surface area contributed by atoms with E-state index in [1.165, 1.54) is 5.56 Å². The molecule has 1 aromatic rings. The summed E-state index contributed by atoms with van der Waals surface area (Å²) in [5.41, 5.74) is 6.12. The molecule has 2 N–H and O–H groups in total. The Morgan fingerprint density at radius 2 is 1.54 bits per heavy atom. The summed E-state index contributed by atoms with van der Waals surface area (Å²) in [6.07, 6.45) is 1.14. The number of benzene rings is 1. The molecule has 1 nitrogen and oxygen atoms in total. The molecular formula is C11H21NS. The second kappa shape index (κ2) is 14.1. The molecule has 0 saturated heterocycles. The van der Waals surface area contributed by atoms with E-state index >= 15 is 0 Å². The molecule has 0 unspecified atom stereocenters. The third kappa shape index (κ3) is 11.5. The van der Waals surface area contributed by atoms with Gasteiger partial charge in [0.2, 0.25) is 0 Å². The van der Waals surface area contributed by atoms with Crippen molar-refractivity contribution >= 4 is 12.6 Å². The van der Waals surface area contributed by atoms with Crippen LogP contribution in [0.3, 0.4) is 0 Å². The average molecular weight is 199 g/mol. The predicted octanol–water partition coefficient (Wildman–Crippen LogP) is 3.11. The minimum absolute atomic E-state index is 0.444. The van der Waals surface area contributed by atoms with Crippen LogP contribution in [-0.2, 0) is 6.42 Å². The Morgan fingerprint density at radius 1 is 1.15 bits per heavy atom. The zero-order chi connectivity index (χ0) is 10.5. The van der Waals surface area contributed by atoms with E-state index in [1.54, 1.807) is 0 Å². The number of nitrogens with two attached hydrogens (primary N) is 1. The number of thiol groups is 1. The second-order valence-corrected chi connectivity index (χ2v) is 2.39. The fourth-order valence-corrected chi connectivity index (χ4v) is 0.714. The molecule has 0 bridgehead atoms. The summed E-state index contributed by atoms with van der Waals surface area (Å²) in [6.45, 7) is 6.16. The van der Waals surface area contributed by atoms with Crippen LogP contribution in [0.15, 0.2) is 30.3 Å². The van der Waals surface area contributed by atoms with Crippen LogP contribution in [-0.4, -0.2) is 5.88 Å². The van der Waals surface area contributed by atoms with E-state index in [2.05, 4.69) is 43.8 Å². The number of hydrogen-bond acceptors (Lipinski definition) is 2. The van der Waals surface area contributed by atoms with Crippen LogP contribution >= 0.6 is 12.6 Å². The van der Waals surface area contributed by atoms with Gasteiger partial charge < -0.3 is 5.73 Å². The van der Waals surface area contributed by atoms with E-state index in [4.69, 9.17) is 5.73 Å². The van der Waals surface area contributed by atoms with Gasteiger partial charge in [0, 0.05) is 5.88 Å². The second-order valence-electron chi connectivity index (χ2n) is 2.02. The molecule has 0 aliphatic rings. The highest BCUT2D eigenvalue weighted by atomic mass is 32.1. The van der Waals surface area contributed by atoms with E-state index in [0.29, 0.717) is 5.88 Å². The zero-order valence-electron chi connectivity index (χ0n) is 8.83. The van der Waals surface area contributed by atoms with Crippen molar-refractivity contribution in [3.63, 3.8) is 0 Å². The van der Waals surface area contributed by atoms with Gasteiger partial charge in [-0.05, 0) is 12.0 Å². The molecule has 0 heterocycles. The topological polar surface area (TPSA) is 26.0 Å². The van der Waals surface area contributed by atoms with E-state index in [0.717, 1.165) is 6.42 Å². The third-order valence-electron chi connectivity index (χ3n) is 1.25. The van der Waals surface area contributed by atoms with Gasteiger partial charge in [0.05, 0.1) is 0 Å². The monoisotopic (exact) mass is 199 g/mol. The Kier molecular flexibility index (Phi) is 16.3. The first-order valence-electron chi connectivity index (χ1n) is 4.70. The first kappa shape index (κ1) is 15.0. The van der Waals surface area contributed by atoms with E-state index < -0.39 is 0 Å². The smallest absolute Gasteiger partial charge is 0.0362 e. The molecule has 13 heavy (non-hydrogen) atoms. The van der Waals surface area contributed by atoms with Crippen LogP contribution in [0.4, 0.5) is 0 Å². The summed E-state index contributed by atoms with van der Waals surface area (Å²) in [5.74, 6) is 0.444. The Morgan fingerprint density at radius 3 is 1.77 bits per heavy atom. The Hall–Kier alpha value is -0.470. The molecule has 0 aliphatic carbocycles. The molecule has 0 fully saturated rings. The van der Waals surface area contributed by atoms with Gasteiger partial charge in [-0.1, -0.05) is 51.1 Å². The number of aryl methyl sites for hydroxylation is 1. The molecule has 1 rings (SSSR count). The van der Waals surface area contributed by atoms with Crippen LogP contribution in [0.1, 0.15) is 26.3 Å². The van der Waals surface area contributed by atoms with Crippen molar-refractivity contribution < 1.29 is 0 Å². The fourth-order valence-electron chi connectivity index (χ4n) is 0.714. The highest BCUT2D eigenvalue weighted by Gasteiger charge is 1.79. The lowest BCUT2D eigenvalue weighted by atomic mass is 10.2. The van der Waals surface area contributed by atoms with Crippen molar-refractivity contribution in [1.82, 2.24) is 0 Å². The highest BCUT2D eigenvalue weighted by molar-refractivity contribution is 7.80. The van der Waals surface area contributed by atoms with Crippen molar-refractivity contribution in [1.29, 1.82) is 0 Å². The molecule has 0 atom stereocenters. The van der Waals surface area contributed by atoms with Gasteiger partial charge in [-0.15, -0.1) is 0 Å². The standard InChI is InChI=1S/C8H10.C2H6.CH5NS/c1-2-8-6-4-3-5-7-8;1-2;2-1-3/h3-7H,2H2,1H3;1-2H3;3H,1-2H2. The number of rotatable bonds is 1. The molecule has 1 aromatic carbocycles. The van der Waals surface area contributed by atoms with Gasteiger partial charge in [-0.2, -0.15) is 12.6 Å². The molecule has 0 radical (unpaired) electrons. The maximum Gasteiger partial charge on any atom is 0.0362 e. The molecule has 0 aliphatic heterocycles. The molecule has 0 saturated carbocycles. The summed E-state index contributed by atoms with van der Waals surface area (Å²) < 4.78 is 0. The van der Waals surface area contributed by atoms with Gasteiger partial charge in [-0.3, -0.25) is 0 Å². The Labute approximate surface area is 87.8 Å². The summed E-state index contributed by atoms with van der Waals surface area (Å²) >= 11 is 3.57. The maximum absolute atomic E-state index is 4.71. The first-order valence-corrected chi connectivity index (χ1v) is 5.33. The Balaban J connectivity index is 0. The van der Waals surface area contributed by atoms with E-state index in [1.807, 2.05) is 19.9 Å². The lowest BCUT2D eigenvalue weighted by molar-refractivity contribution is 1.14. The first-order chi connectivity index (χ1) is 6.35. The predicted molar refractivity (Wildman–Crippen MR) is 65.2 cm³/mol. The maximum atomic E-state index is 4.71. The lowest BCUT2D eigenvalue weighted by Gasteiger charge is -1.89. The molecule has 0 aromatic heterocycles. The molecule has 0 amide bonds. The highest BCUT2D eigenvalue weighted by Crippen LogP contribution is 1.96. The summed E-state index contributed by atoms with van der Waals surface area (Å²) in [7, 11) is 0. The van der Waals surface area contributed by atoms with Crippen molar-refractivity contribution in [3.8, 4) is 0 Å². The van der Waals surface area contributed by atoms with Crippen LogP contribution in [0.2, 0.25) is 0 Å². The zero-order valence-corrected chi connectivity index (χ0v) is 9.72. The molecule has 2 heteroatoms. The van der Waals surface area contributed by atoms with Gasteiger partial charge in [0.25, 0.3) is 0 Å². The molecule has 76 valence electrons. The average Bonchev–Trinajstić information content (AvgIpc) is 2.23. The van der Waals surface area contributed by atoms with Gasteiger partial charge in [-0.25, -0.2) is 0 Å². The third-order valence-corrected chi connectivity index (χ3v) is 1.25. The van der Waals surface area contributed by atoms with Crippen molar-refractivity contribution in [2.45, 2.75) is 27.2 Å². The van der Waals surface area contributed by atoms with Crippen molar-refractivity contribution in [2.75, 3.05) is 5.88 Å². The van der Waals surface area contributed by atoms with E-state index in [9.17, 15) is 0 Å². The van der Waals surface area contributed by atoms with Crippen molar-refractivity contribution in [3.05, 3.63) is 35.9 Å². The SMILES string of the molecule is CC.CCc1ccccc1.NCS. The quantitative estimate of drug-likeness (QED) is 0.527. The van der Waals surface area contributed by atoms with Crippen molar-refractivity contribution in [2.24, 2.45) is 5.73 Å². The normalized spacial score (nSPS) is 7.46. The van der Waals surface area contributed by atoms with Crippen LogP contribution < -0.4 is 5.73 Å². The molecule has 0 spiro atoms. The van der Waals surface area contributed by atoms with Gasteiger partial charge in [0.1, 0.15) is 0 Å². The van der Waals surface area contributed by atoms with Crippen LogP contribution in [0.5, 0.6) is 0 Å². The summed E-state index contributed by atoms with van der Waals surface area (Å²) in [6, 6.07) is 10.5. The fraction of sp³-hybridized carbons (Fsp3) is 0.455. The molecular weight excluding hydrogens is 178 g/mol. The largest absolute Gasteiger partial charge is 0.322 e. The van der Waals surface area contributed by atoms with Crippen LogP contribution in [0.25, 0.3) is 0 Å². The minimum Gasteiger partial charge on any atom is -0.322 e. The number of hydrogen-bond donors (Lipinski definition) is 2. The minimum atomic E-state index is 0.444. The van der Waals surface area contributed by atoms with E-state index in [-0.39, 0.29) is 0 Å². The summed E-state index contributed by atoms with van der Waals surface area (Å²) in [4.78, 5) is 0. The lowest BCUT2D eigenvalue weighted by Crippen LogP contribution is -1.83.